The lowest BCUT2D eigenvalue weighted by Gasteiger charge is -2.23. The predicted octanol–water partition coefficient (Wildman–Crippen LogP) is 3.23. The minimum absolute atomic E-state index is 0.255. The second-order valence-corrected chi connectivity index (χ2v) is 5.82. The monoisotopic (exact) mass is 268 g/mol. The zero-order chi connectivity index (χ0) is 15.2. The topological polar surface area (TPSA) is 52.6 Å². The first kappa shape index (κ1) is 17.4. The molecule has 0 aliphatic heterocycles. The Balaban J connectivity index is 5.18. The van der Waals surface area contributed by atoms with Gasteiger partial charge in [-0.25, -0.2) is 9.59 Å². The van der Waals surface area contributed by atoms with Crippen molar-refractivity contribution in [1.29, 1.82) is 0 Å². The third-order valence-corrected chi connectivity index (χ3v) is 2.25. The molecule has 0 bridgehead atoms. The Morgan fingerprint density at radius 3 is 2.16 bits per heavy atom. The van der Waals surface area contributed by atoms with Crippen molar-refractivity contribution in [2.24, 2.45) is 11.3 Å². The minimum atomic E-state index is -0.582. The third kappa shape index (κ3) is 6.22. The van der Waals surface area contributed by atoms with E-state index >= 15 is 0 Å². The van der Waals surface area contributed by atoms with Gasteiger partial charge in [-0.3, -0.25) is 0 Å². The zero-order valence-electron chi connectivity index (χ0n) is 12.7. The van der Waals surface area contributed by atoms with Gasteiger partial charge in [0.1, 0.15) is 5.76 Å². The lowest BCUT2D eigenvalue weighted by molar-refractivity contribution is -0.141. The lowest BCUT2D eigenvalue weighted by atomic mass is 9.91. The van der Waals surface area contributed by atoms with E-state index < -0.39 is 17.4 Å². The molecule has 0 heterocycles. The predicted molar refractivity (Wildman–Crippen MR) is 74.2 cm³/mol. The summed E-state index contributed by atoms with van der Waals surface area (Å²) in [6, 6.07) is 0. The Morgan fingerprint density at radius 1 is 1.26 bits per heavy atom. The fourth-order valence-corrected chi connectivity index (χ4v) is 1.38. The number of hydrogen-bond donors (Lipinski definition) is 0. The number of carbonyl (C=O) groups excluding carboxylic acids is 2. The van der Waals surface area contributed by atoms with Crippen LogP contribution in [0.15, 0.2) is 24.0 Å². The molecule has 0 radical (unpaired) electrons. The van der Waals surface area contributed by atoms with Crippen LogP contribution in [0, 0.1) is 11.3 Å². The van der Waals surface area contributed by atoms with Crippen molar-refractivity contribution in [3.8, 4) is 0 Å². The first-order valence-corrected chi connectivity index (χ1v) is 6.32. The second-order valence-electron chi connectivity index (χ2n) is 5.82. The van der Waals surface area contributed by atoms with Crippen molar-refractivity contribution >= 4 is 11.9 Å². The molecule has 0 amide bonds. The molecule has 0 saturated heterocycles. The van der Waals surface area contributed by atoms with Crippen LogP contribution >= 0.6 is 0 Å². The van der Waals surface area contributed by atoms with Gasteiger partial charge in [0.2, 0.25) is 0 Å². The lowest BCUT2D eigenvalue weighted by Crippen LogP contribution is -2.21. The van der Waals surface area contributed by atoms with E-state index in [2.05, 4.69) is 6.58 Å². The van der Waals surface area contributed by atoms with Gasteiger partial charge >= 0.3 is 11.9 Å². The number of rotatable bonds is 5. The summed E-state index contributed by atoms with van der Waals surface area (Å²) >= 11 is 0. The molecule has 0 aliphatic carbocycles. The van der Waals surface area contributed by atoms with E-state index in [4.69, 9.17) is 9.47 Å². The fourth-order valence-electron chi connectivity index (χ4n) is 1.38. The van der Waals surface area contributed by atoms with Crippen LogP contribution in [0.5, 0.6) is 0 Å². The van der Waals surface area contributed by atoms with Crippen LogP contribution in [0.25, 0.3) is 0 Å². The standard InChI is InChI=1S/C15H24O4/c1-8-12(16)19-13(15(5,6)7)11(4)14(17)18-9-10(2)3/h8,10H,1,9H2,2-7H3. The maximum Gasteiger partial charge on any atom is 0.337 e. The summed E-state index contributed by atoms with van der Waals surface area (Å²) in [5.74, 6) is -0.479. The molecule has 0 aliphatic rings. The average molecular weight is 268 g/mol. The molecule has 0 aromatic rings. The van der Waals surface area contributed by atoms with Crippen molar-refractivity contribution in [1.82, 2.24) is 0 Å². The third-order valence-electron chi connectivity index (χ3n) is 2.25. The number of hydrogen-bond acceptors (Lipinski definition) is 4. The maximum absolute atomic E-state index is 11.9. The van der Waals surface area contributed by atoms with E-state index in [1.165, 1.54) is 0 Å². The Hall–Kier alpha value is -1.58. The highest BCUT2D eigenvalue weighted by molar-refractivity contribution is 5.90. The van der Waals surface area contributed by atoms with E-state index in [-0.39, 0.29) is 5.92 Å². The SMILES string of the molecule is C=CC(=O)OC(=C(C)C(=O)OCC(C)C)C(C)(C)C. The van der Waals surface area contributed by atoms with Gasteiger partial charge < -0.3 is 9.47 Å². The summed E-state index contributed by atoms with van der Waals surface area (Å²) in [6.07, 6.45) is 1.07. The largest absolute Gasteiger partial charge is 0.462 e. The molecule has 0 rings (SSSR count). The molecule has 108 valence electrons. The number of allylic oxidation sites excluding steroid dienone is 1. The summed E-state index contributed by atoms with van der Waals surface area (Å²) in [7, 11) is 0. The van der Waals surface area contributed by atoms with E-state index in [1.54, 1.807) is 6.92 Å². The molecule has 0 N–H and O–H groups in total. The molecule has 4 heteroatoms. The molecular formula is C15H24O4. The van der Waals surface area contributed by atoms with Crippen LogP contribution in [-0.4, -0.2) is 18.5 Å². The summed E-state index contributed by atoms with van der Waals surface area (Å²) in [5, 5.41) is 0. The normalized spacial score (nSPS) is 12.8. The van der Waals surface area contributed by atoms with Crippen molar-refractivity contribution in [2.45, 2.75) is 41.5 Å². The highest BCUT2D eigenvalue weighted by Gasteiger charge is 2.27. The van der Waals surface area contributed by atoms with Gasteiger partial charge in [0.15, 0.2) is 0 Å². The summed E-state index contributed by atoms with van der Waals surface area (Å²) in [4.78, 5) is 23.2. The van der Waals surface area contributed by atoms with Crippen LogP contribution in [0.3, 0.4) is 0 Å². The molecule has 0 unspecified atom stereocenters. The number of ether oxygens (including phenoxy) is 2. The quantitative estimate of drug-likeness (QED) is 0.436. The first-order chi connectivity index (χ1) is 8.59. The Morgan fingerprint density at radius 2 is 1.79 bits per heavy atom. The fraction of sp³-hybridized carbons (Fsp3) is 0.600. The second kappa shape index (κ2) is 7.12. The van der Waals surface area contributed by atoms with Crippen molar-refractivity contribution in [2.75, 3.05) is 6.61 Å². The van der Waals surface area contributed by atoms with Crippen LogP contribution in [0.4, 0.5) is 0 Å². The van der Waals surface area contributed by atoms with Gasteiger partial charge in [-0.05, 0) is 12.8 Å². The summed E-state index contributed by atoms with van der Waals surface area (Å²) in [6.45, 7) is 14.8. The highest BCUT2D eigenvalue weighted by Crippen LogP contribution is 2.29. The van der Waals surface area contributed by atoms with Crippen LogP contribution in [-0.2, 0) is 19.1 Å². The van der Waals surface area contributed by atoms with Crippen molar-refractivity contribution in [3.05, 3.63) is 24.0 Å². The summed E-state index contributed by atoms with van der Waals surface area (Å²) in [5.41, 5.74) is -0.164. The minimum Gasteiger partial charge on any atom is -0.462 e. The summed E-state index contributed by atoms with van der Waals surface area (Å²) < 4.78 is 10.3. The Kier molecular flexibility index (Phi) is 6.53. The van der Waals surface area contributed by atoms with Gasteiger partial charge in [-0.15, -0.1) is 0 Å². The molecule has 0 aromatic carbocycles. The van der Waals surface area contributed by atoms with E-state index in [0.29, 0.717) is 17.9 Å². The molecule has 0 spiro atoms. The van der Waals surface area contributed by atoms with Crippen LogP contribution in [0.1, 0.15) is 41.5 Å². The Labute approximate surface area is 115 Å². The highest BCUT2D eigenvalue weighted by atomic mass is 16.5. The van der Waals surface area contributed by atoms with E-state index in [1.807, 2.05) is 34.6 Å². The molecule has 0 aromatic heterocycles. The number of esters is 2. The molecule has 19 heavy (non-hydrogen) atoms. The van der Waals surface area contributed by atoms with Gasteiger partial charge in [0.05, 0.1) is 12.2 Å². The molecule has 0 saturated carbocycles. The van der Waals surface area contributed by atoms with Crippen LogP contribution in [0.2, 0.25) is 0 Å². The zero-order valence-corrected chi connectivity index (χ0v) is 12.7. The van der Waals surface area contributed by atoms with Crippen LogP contribution < -0.4 is 0 Å². The van der Waals surface area contributed by atoms with E-state index in [0.717, 1.165) is 6.08 Å². The maximum atomic E-state index is 11.9. The van der Waals surface area contributed by atoms with E-state index in [9.17, 15) is 9.59 Å². The number of carbonyl (C=O) groups is 2. The first-order valence-electron chi connectivity index (χ1n) is 6.32. The average Bonchev–Trinajstić information content (AvgIpc) is 2.30. The van der Waals surface area contributed by atoms with Gasteiger partial charge in [-0.2, -0.15) is 0 Å². The van der Waals surface area contributed by atoms with Gasteiger partial charge in [-0.1, -0.05) is 41.2 Å². The van der Waals surface area contributed by atoms with Crippen molar-refractivity contribution in [3.63, 3.8) is 0 Å². The molecule has 4 nitrogen and oxygen atoms in total. The Bertz CT molecular complexity index is 383. The molecular weight excluding hydrogens is 244 g/mol. The van der Waals surface area contributed by atoms with Crippen molar-refractivity contribution < 1.29 is 19.1 Å². The molecule has 0 atom stereocenters. The smallest absolute Gasteiger partial charge is 0.337 e. The molecule has 0 fully saturated rings. The van der Waals surface area contributed by atoms with Gasteiger partial charge in [0.25, 0.3) is 0 Å². The van der Waals surface area contributed by atoms with Gasteiger partial charge in [0, 0.05) is 11.5 Å².